The SMILES string of the molecule is C1=C(C2CCCCCC2)[N]C2=C1CCCC2. The molecule has 87 valence electrons. The van der Waals surface area contributed by atoms with Crippen LogP contribution in [0, 0.1) is 5.92 Å². The first-order valence-electron chi connectivity index (χ1n) is 7.09. The molecule has 0 spiro atoms. The number of hydrogen-bond donors (Lipinski definition) is 0. The van der Waals surface area contributed by atoms with Crippen molar-refractivity contribution in [3.05, 3.63) is 23.0 Å². The molecule has 1 fully saturated rings. The summed E-state index contributed by atoms with van der Waals surface area (Å²) in [4.78, 5) is 0. The van der Waals surface area contributed by atoms with Crippen LogP contribution in [0.4, 0.5) is 0 Å². The highest BCUT2D eigenvalue weighted by Gasteiger charge is 2.25. The molecular formula is C15H22N. The Balaban J connectivity index is 1.68. The Morgan fingerprint density at radius 1 is 0.875 bits per heavy atom. The summed E-state index contributed by atoms with van der Waals surface area (Å²) in [5.41, 5.74) is 4.45. The Hall–Kier alpha value is -0.720. The zero-order valence-corrected chi connectivity index (χ0v) is 10.2. The van der Waals surface area contributed by atoms with Crippen LogP contribution in [0.3, 0.4) is 0 Å². The zero-order chi connectivity index (χ0) is 10.8. The Morgan fingerprint density at radius 3 is 2.38 bits per heavy atom. The maximum absolute atomic E-state index is 4.92. The summed E-state index contributed by atoms with van der Waals surface area (Å²) in [7, 11) is 0. The first-order valence-corrected chi connectivity index (χ1v) is 7.09. The fourth-order valence-corrected chi connectivity index (χ4v) is 3.35. The molecule has 0 aromatic carbocycles. The van der Waals surface area contributed by atoms with Crippen molar-refractivity contribution in [1.82, 2.24) is 5.32 Å². The van der Waals surface area contributed by atoms with Gasteiger partial charge in [0.2, 0.25) is 0 Å². The Morgan fingerprint density at radius 2 is 1.62 bits per heavy atom. The van der Waals surface area contributed by atoms with Gasteiger partial charge in [-0.25, -0.2) is 0 Å². The van der Waals surface area contributed by atoms with E-state index in [0.717, 1.165) is 5.92 Å². The molecule has 0 atom stereocenters. The van der Waals surface area contributed by atoms with Crippen molar-refractivity contribution < 1.29 is 0 Å². The molecule has 1 nitrogen and oxygen atoms in total. The predicted octanol–water partition coefficient (Wildman–Crippen LogP) is 4.29. The van der Waals surface area contributed by atoms with Gasteiger partial charge in [0.25, 0.3) is 0 Å². The van der Waals surface area contributed by atoms with Crippen molar-refractivity contribution in [2.75, 3.05) is 0 Å². The van der Waals surface area contributed by atoms with Gasteiger partial charge in [0.15, 0.2) is 0 Å². The minimum atomic E-state index is 0.785. The fraction of sp³-hybridized carbons (Fsp3) is 0.733. The molecule has 1 saturated carbocycles. The van der Waals surface area contributed by atoms with E-state index in [2.05, 4.69) is 6.08 Å². The summed E-state index contributed by atoms with van der Waals surface area (Å²) in [6, 6.07) is 0. The summed E-state index contributed by atoms with van der Waals surface area (Å²) in [6.45, 7) is 0. The molecule has 16 heavy (non-hydrogen) atoms. The Bertz CT molecular complexity index is 316. The molecule has 1 heteroatoms. The topological polar surface area (TPSA) is 14.1 Å². The van der Waals surface area contributed by atoms with Gasteiger partial charge in [-0.05, 0) is 50.2 Å². The van der Waals surface area contributed by atoms with Crippen LogP contribution in [0.15, 0.2) is 23.0 Å². The molecule has 1 aliphatic heterocycles. The molecule has 2 aliphatic carbocycles. The Labute approximate surface area is 99.0 Å². The van der Waals surface area contributed by atoms with Crippen molar-refractivity contribution in [3.8, 4) is 0 Å². The van der Waals surface area contributed by atoms with E-state index in [-0.39, 0.29) is 0 Å². The van der Waals surface area contributed by atoms with Crippen LogP contribution in [0.2, 0.25) is 0 Å². The third-order valence-corrected chi connectivity index (χ3v) is 4.34. The summed E-state index contributed by atoms with van der Waals surface area (Å²) in [5.74, 6) is 0.785. The summed E-state index contributed by atoms with van der Waals surface area (Å²) < 4.78 is 0. The Kier molecular flexibility index (Phi) is 3.03. The third kappa shape index (κ3) is 2.05. The van der Waals surface area contributed by atoms with E-state index in [1.807, 2.05) is 0 Å². The monoisotopic (exact) mass is 216 g/mol. The largest absolute Gasteiger partial charge is 0.257 e. The van der Waals surface area contributed by atoms with Crippen LogP contribution < -0.4 is 5.32 Å². The fourth-order valence-electron chi connectivity index (χ4n) is 3.35. The molecule has 0 unspecified atom stereocenters. The predicted molar refractivity (Wildman–Crippen MR) is 66.9 cm³/mol. The van der Waals surface area contributed by atoms with E-state index in [1.54, 1.807) is 5.57 Å². The van der Waals surface area contributed by atoms with Gasteiger partial charge in [-0.3, -0.25) is 5.32 Å². The average Bonchev–Trinajstić information content (AvgIpc) is 2.56. The smallest absolute Gasteiger partial charge is 0.0441 e. The third-order valence-electron chi connectivity index (χ3n) is 4.34. The quantitative estimate of drug-likeness (QED) is 0.581. The van der Waals surface area contributed by atoms with Crippen molar-refractivity contribution in [3.63, 3.8) is 0 Å². The number of nitrogens with zero attached hydrogens (tertiary/aromatic N) is 1. The van der Waals surface area contributed by atoms with Crippen molar-refractivity contribution >= 4 is 0 Å². The molecule has 1 radical (unpaired) electrons. The van der Waals surface area contributed by atoms with Crippen LogP contribution >= 0.6 is 0 Å². The van der Waals surface area contributed by atoms with Crippen LogP contribution in [0.1, 0.15) is 64.2 Å². The highest BCUT2D eigenvalue weighted by Crippen LogP contribution is 2.36. The molecule has 3 rings (SSSR count). The summed E-state index contributed by atoms with van der Waals surface area (Å²) in [6.07, 6.45) is 16.2. The number of allylic oxidation sites excluding steroid dienone is 4. The van der Waals surface area contributed by atoms with Crippen LogP contribution in [-0.4, -0.2) is 0 Å². The zero-order valence-electron chi connectivity index (χ0n) is 10.2. The molecule has 0 aromatic heterocycles. The van der Waals surface area contributed by atoms with Crippen LogP contribution in [0.25, 0.3) is 0 Å². The van der Waals surface area contributed by atoms with E-state index < -0.39 is 0 Å². The first-order chi connectivity index (χ1) is 7.93. The maximum atomic E-state index is 4.92. The number of rotatable bonds is 1. The second kappa shape index (κ2) is 4.65. The van der Waals surface area contributed by atoms with E-state index in [9.17, 15) is 0 Å². The van der Waals surface area contributed by atoms with E-state index in [0.29, 0.717) is 0 Å². The molecule has 0 bridgehead atoms. The molecule has 0 amide bonds. The van der Waals surface area contributed by atoms with E-state index in [4.69, 9.17) is 5.32 Å². The summed E-state index contributed by atoms with van der Waals surface area (Å²) in [5, 5.41) is 4.92. The minimum absolute atomic E-state index is 0.785. The molecule has 1 heterocycles. The lowest BCUT2D eigenvalue weighted by molar-refractivity contribution is 0.503. The van der Waals surface area contributed by atoms with E-state index in [1.165, 1.54) is 75.6 Å². The molecule has 0 N–H and O–H groups in total. The molecular weight excluding hydrogens is 194 g/mol. The lowest BCUT2D eigenvalue weighted by Crippen LogP contribution is -2.11. The van der Waals surface area contributed by atoms with Crippen LogP contribution in [0.5, 0.6) is 0 Å². The molecule has 0 saturated heterocycles. The van der Waals surface area contributed by atoms with Gasteiger partial charge in [-0.2, -0.15) is 0 Å². The highest BCUT2D eigenvalue weighted by atomic mass is 14.9. The van der Waals surface area contributed by atoms with Gasteiger partial charge in [0, 0.05) is 17.3 Å². The minimum Gasteiger partial charge on any atom is -0.257 e. The number of hydrogen-bond acceptors (Lipinski definition) is 0. The van der Waals surface area contributed by atoms with E-state index >= 15 is 0 Å². The standard InChI is InChI=1S/C15H22N/c1-2-4-8-12(7-3-1)15-11-13-9-5-6-10-14(13)16-15/h11-12H,1-10H2. The molecule has 0 aromatic rings. The van der Waals surface area contributed by atoms with Crippen molar-refractivity contribution in [1.29, 1.82) is 0 Å². The van der Waals surface area contributed by atoms with Crippen molar-refractivity contribution in [2.24, 2.45) is 5.92 Å². The maximum Gasteiger partial charge on any atom is 0.0441 e. The van der Waals surface area contributed by atoms with Gasteiger partial charge < -0.3 is 0 Å². The van der Waals surface area contributed by atoms with Gasteiger partial charge in [-0.1, -0.05) is 25.7 Å². The highest BCUT2D eigenvalue weighted by molar-refractivity contribution is 5.38. The van der Waals surface area contributed by atoms with Crippen molar-refractivity contribution in [2.45, 2.75) is 64.2 Å². The van der Waals surface area contributed by atoms with Gasteiger partial charge in [0.1, 0.15) is 0 Å². The van der Waals surface area contributed by atoms with Gasteiger partial charge >= 0.3 is 0 Å². The van der Waals surface area contributed by atoms with Gasteiger partial charge in [-0.15, -0.1) is 0 Å². The lowest BCUT2D eigenvalue weighted by atomic mass is 9.95. The average molecular weight is 216 g/mol. The molecule has 3 aliphatic rings. The van der Waals surface area contributed by atoms with Crippen LogP contribution in [-0.2, 0) is 0 Å². The lowest BCUT2D eigenvalue weighted by Gasteiger charge is -2.16. The second-order valence-corrected chi connectivity index (χ2v) is 5.55. The van der Waals surface area contributed by atoms with Gasteiger partial charge in [0.05, 0.1) is 0 Å². The summed E-state index contributed by atoms with van der Waals surface area (Å²) >= 11 is 0. The second-order valence-electron chi connectivity index (χ2n) is 5.55. The first kappa shape index (κ1) is 10.4. The normalized spacial score (nSPS) is 27.1.